The van der Waals surface area contributed by atoms with Crippen molar-refractivity contribution < 1.29 is 19.8 Å². The number of aliphatic carboxylic acids is 1. The standard InChI is InChI=1S/C13H20N2O4S/c1-5-9-4-8(6(2)16)12(17)15(9)10(13(18)19)11(5)20-7(3)14/h5-9,16H,4,14H2,1-3H3,(H,18,19)/t5-,6-,7?,8+,9+/m1/s1. The van der Waals surface area contributed by atoms with Crippen LogP contribution in [0.3, 0.4) is 0 Å². The molecule has 0 radical (unpaired) electrons. The number of fused-ring (bicyclic) bond motifs is 1. The molecule has 6 nitrogen and oxygen atoms in total. The molecule has 2 aliphatic heterocycles. The van der Waals surface area contributed by atoms with Crippen molar-refractivity contribution in [2.75, 3.05) is 0 Å². The molecule has 4 N–H and O–H groups in total. The van der Waals surface area contributed by atoms with Gasteiger partial charge in [-0.15, -0.1) is 11.8 Å². The lowest BCUT2D eigenvalue weighted by atomic mass is 9.94. The zero-order valence-electron chi connectivity index (χ0n) is 11.7. The molecule has 1 fully saturated rings. The molecule has 5 atom stereocenters. The van der Waals surface area contributed by atoms with Crippen LogP contribution in [-0.2, 0) is 9.59 Å². The Morgan fingerprint density at radius 1 is 1.50 bits per heavy atom. The van der Waals surface area contributed by atoms with Gasteiger partial charge in [-0.25, -0.2) is 4.79 Å². The molecule has 0 saturated carbocycles. The molecule has 0 aromatic carbocycles. The summed E-state index contributed by atoms with van der Waals surface area (Å²) in [6.45, 7) is 5.26. The SMILES string of the molecule is CC(N)SC1=C(C(=O)O)N2C(=O)[C@H]([C@@H](C)O)C[C@H]2[C@H]1C. The van der Waals surface area contributed by atoms with Gasteiger partial charge >= 0.3 is 5.97 Å². The van der Waals surface area contributed by atoms with E-state index < -0.39 is 18.0 Å². The van der Waals surface area contributed by atoms with Gasteiger partial charge in [0.1, 0.15) is 5.70 Å². The van der Waals surface area contributed by atoms with E-state index in [0.29, 0.717) is 11.3 Å². The first kappa shape index (κ1) is 15.3. The second kappa shape index (κ2) is 5.38. The average Bonchev–Trinajstić information content (AvgIpc) is 2.77. The molecule has 1 unspecified atom stereocenters. The van der Waals surface area contributed by atoms with Crippen molar-refractivity contribution in [1.29, 1.82) is 0 Å². The largest absolute Gasteiger partial charge is 0.477 e. The summed E-state index contributed by atoms with van der Waals surface area (Å²) in [6.07, 6.45) is -0.280. The van der Waals surface area contributed by atoms with Crippen LogP contribution in [0.2, 0.25) is 0 Å². The highest BCUT2D eigenvalue weighted by Gasteiger charge is 2.53. The van der Waals surface area contributed by atoms with E-state index in [4.69, 9.17) is 5.73 Å². The number of nitrogens with zero attached hydrogens (tertiary/aromatic N) is 1. The topological polar surface area (TPSA) is 104 Å². The normalized spacial score (nSPS) is 32.5. The minimum absolute atomic E-state index is 0.0398. The first-order valence-corrected chi connectivity index (χ1v) is 7.54. The van der Waals surface area contributed by atoms with E-state index in [-0.39, 0.29) is 28.9 Å². The molecule has 1 saturated heterocycles. The summed E-state index contributed by atoms with van der Waals surface area (Å²) in [5.74, 6) is -1.99. The second-order valence-corrected chi connectivity index (χ2v) is 6.91. The molecule has 7 heteroatoms. The van der Waals surface area contributed by atoms with Crippen LogP contribution in [0.15, 0.2) is 10.6 Å². The van der Waals surface area contributed by atoms with Crippen molar-refractivity contribution in [2.45, 2.75) is 44.7 Å². The van der Waals surface area contributed by atoms with E-state index in [1.165, 1.54) is 16.7 Å². The Morgan fingerprint density at radius 3 is 2.55 bits per heavy atom. The van der Waals surface area contributed by atoms with Crippen LogP contribution in [0.25, 0.3) is 0 Å². The fourth-order valence-electron chi connectivity index (χ4n) is 3.00. The van der Waals surface area contributed by atoms with Gasteiger partial charge in [0.05, 0.1) is 17.4 Å². The molecular formula is C13H20N2O4S. The Bertz CT molecular complexity index is 475. The van der Waals surface area contributed by atoms with E-state index in [2.05, 4.69) is 0 Å². The van der Waals surface area contributed by atoms with Crippen molar-refractivity contribution in [1.82, 2.24) is 4.90 Å². The van der Waals surface area contributed by atoms with Crippen molar-refractivity contribution in [3.63, 3.8) is 0 Å². The third-order valence-corrected chi connectivity index (χ3v) is 5.14. The lowest BCUT2D eigenvalue weighted by Gasteiger charge is -2.19. The Hall–Kier alpha value is -1.05. The third kappa shape index (κ3) is 2.34. The number of amides is 1. The monoisotopic (exact) mass is 300 g/mol. The zero-order chi connectivity index (χ0) is 15.2. The fourth-order valence-corrected chi connectivity index (χ4v) is 4.07. The maximum Gasteiger partial charge on any atom is 0.353 e. The highest BCUT2D eigenvalue weighted by Crippen LogP contribution is 2.48. The molecule has 1 amide bonds. The first-order chi connectivity index (χ1) is 9.25. The number of thioether (sulfide) groups is 1. The van der Waals surface area contributed by atoms with Crippen LogP contribution in [0.5, 0.6) is 0 Å². The lowest BCUT2D eigenvalue weighted by molar-refractivity contribution is -0.140. The number of carboxylic acid groups (broad SMARTS) is 1. The summed E-state index contributed by atoms with van der Waals surface area (Å²) in [4.78, 5) is 25.9. The van der Waals surface area contributed by atoms with Crippen LogP contribution in [0, 0.1) is 11.8 Å². The van der Waals surface area contributed by atoms with Gasteiger partial charge in [0.15, 0.2) is 0 Å². The summed E-state index contributed by atoms with van der Waals surface area (Å²) >= 11 is 1.30. The Balaban J connectivity index is 2.41. The number of carbonyl (C=O) groups excluding carboxylic acids is 1. The van der Waals surface area contributed by atoms with Crippen molar-refractivity contribution >= 4 is 23.6 Å². The number of nitrogens with two attached hydrogens (primary N) is 1. The number of hydrogen-bond donors (Lipinski definition) is 3. The highest BCUT2D eigenvalue weighted by molar-refractivity contribution is 8.03. The maximum absolute atomic E-state index is 12.3. The summed E-state index contributed by atoms with van der Waals surface area (Å²) in [7, 11) is 0. The lowest BCUT2D eigenvalue weighted by Crippen LogP contribution is -2.35. The van der Waals surface area contributed by atoms with Gasteiger partial charge in [0, 0.05) is 16.9 Å². The molecule has 2 rings (SSSR count). The summed E-state index contributed by atoms with van der Waals surface area (Å²) < 4.78 is 0. The van der Waals surface area contributed by atoms with Crippen molar-refractivity contribution in [2.24, 2.45) is 17.6 Å². The summed E-state index contributed by atoms with van der Waals surface area (Å²) in [5.41, 5.74) is 5.79. The maximum atomic E-state index is 12.3. The zero-order valence-corrected chi connectivity index (χ0v) is 12.6. The first-order valence-electron chi connectivity index (χ1n) is 6.66. The number of hydrogen-bond acceptors (Lipinski definition) is 5. The molecule has 0 aromatic rings. The Morgan fingerprint density at radius 2 is 2.10 bits per heavy atom. The van der Waals surface area contributed by atoms with E-state index >= 15 is 0 Å². The molecule has 0 spiro atoms. The van der Waals surface area contributed by atoms with Gasteiger partial charge in [0.25, 0.3) is 0 Å². The van der Waals surface area contributed by atoms with Gasteiger partial charge in [-0.1, -0.05) is 6.92 Å². The number of carboxylic acids is 1. The van der Waals surface area contributed by atoms with E-state index in [0.717, 1.165) is 0 Å². The van der Waals surface area contributed by atoms with Gasteiger partial charge in [-0.3, -0.25) is 4.79 Å². The molecule has 112 valence electrons. The average molecular weight is 300 g/mol. The van der Waals surface area contributed by atoms with Crippen molar-refractivity contribution in [3.8, 4) is 0 Å². The van der Waals surface area contributed by atoms with Crippen LogP contribution in [-0.4, -0.2) is 44.5 Å². The number of aliphatic hydroxyl groups is 1. The molecule has 2 heterocycles. The van der Waals surface area contributed by atoms with Crippen LogP contribution in [0.4, 0.5) is 0 Å². The molecule has 0 aliphatic carbocycles. The predicted octanol–water partition coefficient (Wildman–Crippen LogP) is 0.568. The van der Waals surface area contributed by atoms with Crippen LogP contribution in [0.1, 0.15) is 27.2 Å². The van der Waals surface area contributed by atoms with Gasteiger partial charge in [-0.2, -0.15) is 0 Å². The number of rotatable bonds is 4. The Kier molecular flexibility index (Phi) is 4.13. The third-order valence-electron chi connectivity index (χ3n) is 3.94. The van der Waals surface area contributed by atoms with Crippen molar-refractivity contribution in [3.05, 3.63) is 10.6 Å². The molecule has 20 heavy (non-hydrogen) atoms. The molecule has 0 bridgehead atoms. The number of aliphatic hydroxyl groups excluding tert-OH is 1. The van der Waals surface area contributed by atoms with E-state index in [9.17, 15) is 19.8 Å². The highest BCUT2D eigenvalue weighted by atomic mass is 32.2. The van der Waals surface area contributed by atoms with Crippen LogP contribution < -0.4 is 5.73 Å². The number of carbonyl (C=O) groups is 2. The predicted molar refractivity (Wildman–Crippen MR) is 75.5 cm³/mol. The van der Waals surface area contributed by atoms with Crippen LogP contribution >= 0.6 is 11.8 Å². The van der Waals surface area contributed by atoms with E-state index in [1.54, 1.807) is 13.8 Å². The second-order valence-electron chi connectivity index (χ2n) is 5.49. The minimum atomic E-state index is -1.11. The van der Waals surface area contributed by atoms with Gasteiger partial charge < -0.3 is 20.8 Å². The van der Waals surface area contributed by atoms with E-state index in [1.807, 2.05) is 6.92 Å². The Labute approximate surface area is 122 Å². The smallest absolute Gasteiger partial charge is 0.353 e. The van der Waals surface area contributed by atoms with Gasteiger partial charge in [0.2, 0.25) is 5.91 Å². The van der Waals surface area contributed by atoms with Gasteiger partial charge in [-0.05, 0) is 20.3 Å². The molecule has 2 aliphatic rings. The molecular weight excluding hydrogens is 280 g/mol. The summed E-state index contributed by atoms with van der Waals surface area (Å²) in [6, 6.07) is -0.186. The quantitative estimate of drug-likeness (QED) is 0.656. The molecule has 0 aromatic heterocycles. The minimum Gasteiger partial charge on any atom is -0.477 e. The summed E-state index contributed by atoms with van der Waals surface area (Å²) in [5, 5.41) is 18.9. The fraction of sp³-hybridized carbons (Fsp3) is 0.692.